The molecule has 3 rings (SSSR count). The molecule has 0 radical (unpaired) electrons. The Morgan fingerprint density at radius 3 is 2.26 bits per heavy atom. The number of carbonyl (C=O) groups excluding carboxylic acids is 1. The highest BCUT2D eigenvalue weighted by molar-refractivity contribution is 5.96. The molecule has 0 bridgehead atoms. The minimum Gasteiger partial charge on any atom is -0.480 e. The average molecular weight is 444 g/mol. The summed E-state index contributed by atoms with van der Waals surface area (Å²) >= 11 is 0. The first-order valence-electron chi connectivity index (χ1n) is 10.8. The molecule has 1 aromatic carbocycles. The molecule has 2 aliphatic rings. The highest BCUT2D eigenvalue weighted by Crippen LogP contribution is 2.36. The fourth-order valence-corrected chi connectivity index (χ4v) is 4.41. The van der Waals surface area contributed by atoms with Gasteiger partial charge in [0, 0.05) is 0 Å². The van der Waals surface area contributed by atoms with Gasteiger partial charge in [0.25, 0.3) is 0 Å². The summed E-state index contributed by atoms with van der Waals surface area (Å²) in [6, 6.07) is 5.39. The fourth-order valence-electron chi connectivity index (χ4n) is 4.41. The topological polar surface area (TPSA) is 89.9 Å². The van der Waals surface area contributed by atoms with Crippen molar-refractivity contribution < 1.29 is 33.0 Å². The summed E-state index contributed by atoms with van der Waals surface area (Å²) in [6.07, 6.45) is -3.51. The van der Waals surface area contributed by atoms with Crippen LogP contribution < -0.4 is 5.32 Å². The Bertz CT molecular complexity index is 723. The van der Waals surface area contributed by atoms with E-state index >= 15 is 0 Å². The second-order valence-corrected chi connectivity index (χ2v) is 7.78. The van der Waals surface area contributed by atoms with E-state index in [9.17, 15) is 33.0 Å². The predicted molar refractivity (Wildman–Crippen MR) is 109 cm³/mol. The molecule has 31 heavy (non-hydrogen) atoms. The van der Waals surface area contributed by atoms with Crippen molar-refractivity contribution in [2.45, 2.75) is 77.0 Å². The monoisotopic (exact) mass is 444 g/mol. The van der Waals surface area contributed by atoms with E-state index in [2.05, 4.69) is 5.32 Å². The van der Waals surface area contributed by atoms with E-state index in [4.69, 9.17) is 0 Å². The number of carboxylic acid groups (broad SMARTS) is 1. The van der Waals surface area contributed by atoms with Gasteiger partial charge in [0.2, 0.25) is 5.91 Å². The quantitative estimate of drug-likeness (QED) is 0.442. The van der Waals surface area contributed by atoms with Gasteiger partial charge in [0.15, 0.2) is 6.35 Å². The number of hydrogen-bond acceptors (Lipinski definition) is 4. The van der Waals surface area contributed by atoms with Gasteiger partial charge in [-0.25, -0.2) is 4.79 Å². The van der Waals surface area contributed by atoms with Gasteiger partial charge in [-0.1, -0.05) is 63.4 Å². The number of aliphatic hydroxyl groups is 1. The molecule has 1 aromatic rings. The molecule has 1 aliphatic heterocycles. The van der Waals surface area contributed by atoms with E-state index in [0.29, 0.717) is 30.6 Å². The second kappa shape index (κ2) is 10.9. The molecule has 0 spiro atoms. The number of carbonyl (C=O) groups is 2. The van der Waals surface area contributed by atoms with Crippen LogP contribution in [0.15, 0.2) is 30.3 Å². The van der Waals surface area contributed by atoms with Gasteiger partial charge in [-0.15, -0.1) is 0 Å². The predicted octanol–water partition coefficient (Wildman–Crippen LogP) is 3.54. The van der Waals surface area contributed by atoms with Gasteiger partial charge < -0.3 is 10.2 Å². The van der Waals surface area contributed by atoms with Crippen molar-refractivity contribution in [1.29, 1.82) is 0 Å². The number of aliphatic carboxylic acids is 1. The molecule has 1 heterocycles. The molecule has 4 atom stereocenters. The van der Waals surface area contributed by atoms with Gasteiger partial charge in [0.1, 0.15) is 12.1 Å². The van der Waals surface area contributed by atoms with Crippen molar-refractivity contribution in [2.24, 2.45) is 11.8 Å². The number of rotatable bonds is 7. The van der Waals surface area contributed by atoms with Crippen molar-refractivity contribution in [3.63, 3.8) is 0 Å². The maximum Gasteiger partial charge on any atom is 0.404 e. The van der Waals surface area contributed by atoms with Crippen molar-refractivity contribution in [2.75, 3.05) is 0 Å². The lowest BCUT2D eigenvalue weighted by atomic mass is 9.82. The number of β-lactam (4-membered cyclic amide) rings is 1. The Morgan fingerprint density at radius 1 is 1.16 bits per heavy atom. The average Bonchev–Trinajstić information content (AvgIpc) is 2.75. The number of likely N-dealkylation sites (tertiary alicyclic amines) is 1. The molecule has 6 nitrogen and oxygen atoms in total. The fraction of sp³-hybridized carbons (Fsp3) is 0.636. The first kappa shape index (κ1) is 25.1. The number of aliphatic hydroxyl groups excluding tert-OH is 1. The van der Waals surface area contributed by atoms with Gasteiger partial charge >= 0.3 is 12.1 Å². The van der Waals surface area contributed by atoms with Crippen molar-refractivity contribution in [3.05, 3.63) is 35.9 Å². The third-order valence-electron chi connectivity index (χ3n) is 5.87. The number of hydrogen-bond donors (Lipinski definition) is 3. The number of amides is 1. The van der Waals surface area contributed by atoms with E-state index in [1.807, 2.05) is 13.8 Å². The number of nitrogens with one attached hydrogen (secondary N) is 1. The van der Waals surface area contributed by atoms with Crippen LogP contribution in [-0.4, -0.2) is 51.6 Å². The molecule has 1 amide bonds. The first-order chi connectivity index (χ1) is 14.7. The maximum atomic E-state index is 13.6. The van der Waals surface area contributed by atoms with Crippen LogP contribution in [0.5, 0.6) is 0 Å². The summed E-state index contributed by atoms with van der Waals surface area (Å²) in [7, 11) is 0. The van der Waals surface area contributed by atoms with Crippen LogP contribution in [0.4, 0.5) is 13.2 Å². The SMILES string of the molecule is CC.O=C(O)C1[C@@H](Cc2ccccc2)C(=O)N1C(O)NC(C1CCCCC1)C(F)(F)F. The Hall–Kier alpha value is -2.13. The number of benzene rings is 1. The van der Waals surface area contributed by atoms with Gasteiger partial charge in [-0.3, -0.25) is 15.0 Å². The molecule has 1 saturated carbocycles. The molecule has 1 aliphatic carbocycles. The van der Waals surface area contributed by atoms with E-state index in [0.717, 1.165) is 12.0 Å². The molecular weight excluding hydrogens is 413 g/mol. The molecule has 3 unspecified atom stereocenters. The minimum absolute atomic E-state index is 0.144. The minimum atomic E-state index is -4.61. The lowest BCUT2D eigenvalue weighted by Gasteiger charge is -2.48. The zero-order valence-electron chi connectivity index (χ0n) is 17.8. The molecule has 9 heteroatoms. The molecular formula is C22H31F3N2O4. The molecule has 3 N–H and O–H groups in total. The molecule has 1 saturated heterocycles. The summed E-state index contributed by atoms with van der Waals surface area (Å²) in [5.41, 5.74) is 0.745. The molecule has 0 aromatic heterocycles. The lowest BCUT2D eigenvalue weighted by molar-refractivity contribution is -0.209. The second-order valence-electron chi connectivity index (χ2n) is 7.78. The van der Waals surface area contributed by atoms with Crippen LogP contribution in [0.25, 0.3) is 0 Å². The zero-order valence-corrected chi connectivity index (χ0v) is 17.8. The smallest absolute Gasteiger partial charge is 0.404 e. The van der Waals surface area contributed by atoms with E-state index in [1.54, 1.807) is 30.3 Å². The summed E-state index contributed by atoms with van der Waals surface area (Å²) < 4.78 is 40.7. The largest absolute Gasteiger partial charge is 0.480 e. The molecule has 174 valence electrons. The normalized spacial score (nSPS) is 23.9. The van der Waals surface area contributed by atoms with Crippen LogP contribution in [0, 0.1) is 11.8 Å². The van der Waals surface area contributed by atoms with Crippen LogP contribution in [0.1, 0.15) is 51.5 Å². The summed E-state index contributed by atoms with van der Waals surface area (Å²) in [5.74, 6) is -3.66. The number of carboxylic acids is 1. The Kier molecular flexibility index (Phi) is 8.88. The van der Waals surface area contributed by atoms with E-state index in [1.165, 1.54) is 0 Å². The highest BCUT2D eigenvalue weighted by Gasteiger charge is 2.55. The first-order valence-corrected chi connectivity index (χ1v) is 10.8. The van der Waals surface area contributed by atoms with Gasteiger partial charge in [-0.05, 0) is 30.7 Å². The lowest BCUT2D eigenvalue weighted by Crippen LogP contribution is -2.72. The maximum absolute atomic E-state index is 13.6. The van der Waals surface area contributed by atoms with Gasteiger partial charge in [0.05, 0.1) is 5.92 Å². The van der Waals surface area contributed by atoms with Gasteiger partial charge in [-0.2, -0.15) is 13.2 Å². The molecule has 2 fully saturated rings. The number of alkyl halides is 3. The summed E-state index contributed by atoms with van der Waals surface area (Å²) in [6.45, 7) is 4.00. The summed E-state index contributed by atoms with van der Waals surface area (Å²) in [4.78, 5) is 24.8. The third-order valence-corrected chi connectivity index (χ3v) is 5.87. The van der Waals surface area contributed by atoms with Crippen molar-refractivity contribution in [3.8, 4) is 0 Å². The number of nitrogens with zero attached hydrogens (tertiary/aromatic N) is 1. The van der Waals surface area contributed by atoms with E-state index in [-0.39, 0.29) is 6.42 Å². The highest BCUT2D eigenvalue weighted by atomic mass is 19.4. The van der Waals surface area contributed by atoms with E-state index < -0.39 is 48.3 Å². The summed E-state index contributed by atoms with van der Waals surface area (Å²) in [5, 5.41) is 21.9. The van der Waals surface area contributed by atoms with Crippen molar-refractivity contribution in [1.82, 2.24) is 10.2 Å². The Morgan fingerprint density at radius 2 is 1.74 bits per heavy atom. The van der Waals surface area contributed by atoms with Crippen molar-refractivity contribution >= 4 is 11.9 Å². The van der Waals surface area contributed by atoms with Crippen LogP contribution in [0.2, 0.25) is 0 Å². The zero-order chi connectivity index (χ0) is 23.2. The van der Waals surface area contributed by atoms with Crippen LogP contribution in [-0.2, 0) is 16.0 Å². The third kappa shape index (κ3) is 5.98. The standard InChI is InChI=1S/C20H25F3N2O4.C2H6/c21-20(22,23)16(13-9-5-2-6-10-13)24-19(29)25-15(18(27)28)14(17(25)26)11-12-7-3-1-4-8-12;1-2/h1,3-4,7-8,13-16,19,24,29H,2,5-6,9-11H2,(H,27,28);1-2H3/t14-,15?,16?,19?;/m1./s1. The number of halogens is 3. The Labute approximate surface area is 180 Å². The van der Waals surface area contributed by atoms with Crippen LogP contribution >= 0.6 is 0 Å². The van der Waals surface area contributed by atoms with Crippen LogP contribution in [0.3, 0.4) is 0 Å². The Balaban J connectivity index is 0.00000166.